The van der Waals surface area contributed by atoms with E-state index in [-0.39, 0.29) is 17.1 Å². The van der Waals surface area contributed by atoms with Crippen LogP contribution in [-0.2, 0) is 6.54 Å². The Kier molecular flexibility index (Phi) is 7.15. The minimum atomic E-state index is -1.10. The Hall–Kier alpha value is -4.33. The van der Waals surface area contributed by atoms with Crippen LogP contribution in [0.1, 0.15) is 15.9 Å². The zero-order valence-corrected chi connectivity index (χ0v) is 22.4. The quantitative estimate of drug-likeness (QED) is 0.218. The second kappa shape index (κ2) is 11.0. The van der Waals surface area contributed by atoms with Gasteiger partial charge in [-0.2, -0.15) is 0 Å². The van der Waals surface area contributed by atoms with Crippen LogP contribution in [0.25, 0.3) is 22.0 Å². The van der Waals surface area contributed by atoms with Crippen LogP contribution < -0.4 is 9.64 Å². The Labute approximate surface area is 236 Å². The molecule has 1 aliphatic heterocycles. The van der Waals surface area contributed by atoms with Crippen LogP contribution in [0.5, 0.6) is 11.5 Å². The third kappa shape index (κ3) is 5.39. The molecular weight excluding hydrogens is 529 g/mol. The van der Waals surface area contributed by atoms with E-state index in [1.165, 1.54) is 17.2 Å². The number of aromatic amines is 1. The molecule has 2 heterocycles. The lowest BCUT2D eigenvalue weighted by molar-refractivity contribution is 0.0694. The van der Waals surface area contributed by atoms with Crippen LogP contribution >= 0.6 is 11.6 Å². The molecule has 8 heteroatoms. The number of carboxylic acid groups (broad SMARTS) is 1. The smallest absolute Gasteiger partial charge is 0.339 e. The lowest BCUT2D eigenvalue weighted by Crippen LogP contribution is -2.46. The lowest BCUT2D eigenvalue weighted by atomic mass is 9.99. The van der Waals surface area contributed by atoms with Crippen molar-refractivity contribution in [1.29, 1.82) is 0 Å². The predicted octanol–water partition coefficient (Wildman–Crippen LogP) is 7.44. The van der Waals surface area contributed by atoms with Gasteiger partial charge < -0.3 is 19.7 Å². The summed E-state index contributed by atoms with van der Waals surface area (Å²) in [4.78, 5) is 19.4. The Bertz CT molecular complexity index is 1680. The SMILES string of the molecule is O=C(O)c1ccc(N2CCN(Cc3ccccc3-c3ccc(Cl)cc3)CC2)cc1Oc1cc(F)c2[nH]ccc2c1. The highest BCUT2D eigenvalue weighted by Crippen LogP contribution is 2.33. The Morgan fingerprint density at radius 1 is 0.950 bits per heavy atom. The van der Waals surface area contributed by atoms with E-state index in [9.17, 15) is 14.3 Å². The largest absolute Gasteiger partial charge is 0.478 e. The monoisotopic (exact) mass is 555 g/mol. The van der Waals surface area contributed by atoms with Gasteiger partial charge in [0.15, 0.2) is 5.82 Å². The minimum Gasteiger partial charge on any atom is -0.478 e. The number of halogens is 2. The normalized spacial score (nSPS) is 14.0. The first-order chi connectivity index (χ1) is 19.4. The Morgan fingerprint density at radius 2 is 1.73 bits per heavy atom. The van der Waals surface area contributed by atoms with E-state index >= 15 is 0 Å². The van der Waals surface area contributed by atoms with Crippen LogP contribution in [0.4, 0.5) is 10.1 Å². The van der Waals surface area contributed by atoms with E-state index in [2.05, 4.69) is 39.0 Å². The molecule has 40 heavy (non-hydrogen) atoms. The van der Waals surface area contributed by atoms with Crippen molar-refractivity contribution in [2.24, 2.45) is 0 Å². The number of nitrogens with one attached hydrogen (secondary N) is 1. The summed E-state index contributed by atoms with van der Waals surface area (Å²) >= 11 is 6.09. The minimum absolute atomic E-state index is 0.0239. The molecule has 202 valence electrons. The molecule has 1 saturated heterocycles. The molecule has 0 radical (unpaired) electrons. The summed E-state index contributed by atoms with van der Waals surface area (Å²) in [6.07, 6.45) is 1.65. The fourth-order valence-corrected chi connectivity index (χ4v) is 5.36. The van der Waals surface area contributed by atoms with Crippen molar-refractivity contribution in [3.05, 3.63) is 113 Å². The van der Waals surface area contributed by atoms with Gasteiger partial charge in [0, 0.05) is 67.1 Å². The maximum atomic E-state index is 14.5. The molecule has 1 aromatic heterocycles. The van der Waals surface area contributed by atoms with Gasteiger partial charge in [-0.25, -0.2) is 9.18 Å². The molecule has 1 fully saturated rings. The van der Waals surface area contributed by atoms with E-state index in [1.807, 2.05) is 24.3 Å². The van der Waals surface area contributed by atoms with Gasteiger partial charge in [-0.3, -0.25) is 4.90 Å². The van der Waals surface area contributed by atoms with Crippen molar-refractivity contribution >= 4 is 34.2 Å². The van der Waals surface area contributed by atoms with Gasteiger partial charge in [0.1, 0.15) is 17.1 Å². The number of ether oxygens (including phenoxy) is 1. The van der Waals surface area contributed by atoms with E-state index in [4.69, 9.17) is 16.3 Å². The molecule has 0 spiro atoms. The average molecular weight is 556 g/mol. The van der Waals surface area contributed by atoms with Crippen LogP contribution in [0.3, 0.4) is 0 Å². The number of hydrogen-bond acceptors (Lipinski definition) is 4. The topological polar surface area (TPSA) is 68.8 Å². The number of hydrogen-bond donors (Lipinski definition) is 2. The Morgan fingerprint density at radius 3 is 2.50 bits per heavy atom. The van der Waals surface area contributed by atoms with Crippen molar-refractivity contribution in [3.8, 4) is 22.6 Å². The Balaban J connectivity index is 1.17. The number of fused-ring (bicyclic) bond motifs is 1. The number of carbonyl (C=O) groups is 1. The number of aromatic carboxylic acids is 1. The number of H-pyrrole nitrogens is 1. The highest BCUT2D eigenvalue weighted by Gasteiger charge is 2.21. The molecule has 0 unspecified atom stereocenters. The van der Waals surface area contributed by atoms with Crippen LogP contribution in [-0.4, -0.2) is 47.1 Å². The first kappa shape index (κ1) is 25.9. The maximum Gasteiger partial charge on any atom is 0.339 e. The van der Waals surface area contributed by atoms with Crippen LogP contribution in [0.2, 0.25) is 5.02 Å². The summed E-state index contributed by atoms with van der Waals surface area (Å²) in [5.41, 5.74) is 4.86. The molecule has 5 aromatic rings. The fraction of sp³-hybridized carbons (Fsp3) is 0.156. The molecule has 0 aliphatic carbocycles. The zero-order chi connectivity index (χ0) is 27.6. The van der Waals surface area contributed by atoms with Gasteiger partial charge in [0.25, 0.3) is 0 Å². The molecular formula is C32H27ClFN3O3. The summed E-state index contributed by atoms with van der Waals surface area (Å²) in [6, 6.07) is 26.1. The van der Waals surface area contributed by atoms with Crippen LogP contribution in [0.15, 0.2) is 91.1 Å². The molecule has 6 rings (SSSR count). The number of aromatic nitrogens is 1. The molecule has 0 amide bonds. The van der Waals surface area contributed by atoms with Gasteiger partial charge in [-0.15, -0.1) is 0 Å². The summed E-state index contributed by atoms with van der Waals surface area (Å²) < 4.78 is 20.4. The first-order valence-corrected chi connectivity index (χ1v) is 13.5. The van der Waals surface area contributed by atoms with Crippen molar-refractivity contribution in [3.63, 3.8) is 0 Å². The summed E-state index contributed by atoms with van der Waals surface area (Å²) in [6.45, 7) is 4.08. The average Bonchev–Trinajstić information content (AvgIpc) is 3.44. The third-order valence-corrected chi connectivity index (χ3v) is 7.56. The van der Waals surface area contributed by atoms with Gasteiger partial charge >= 0.3 is 5.97 Å². The molecule has 6 nitrogen and oxygen atoms in total. The van der Waals surface area contributed by atoms with Gasteiger partial charge in [-0.1, -0.05) is 48.0 Å². The molecule has 0 saturated carbocycles. The summed E-state index contributed by atoms with van der Waals surface area (Å²) in [7, 11) is 0. The van der Waals surface area contributed by atoms with E-state index in [0.717, 1.165) is 49.0 Å². The number of anilines is 1. The van der Waals surface area contributed by atoms with Crippen molar-refractivity contribution in [2.75, 3.05) is 31.1 Å². The standard InChI is InChI=1S/C32H27ClFN3O3/c33-24-7-5-21(6-8-24)27-4-2-1-3-23(27)20-36-13-15-37(16-14-36)25-9-10-28(32(38)39)30(18-25)40-26-17-22-11-12-35-31(22)29(34)19-26/h1-12,17-19,35H,13-16,20H2,(H,38,39). The van der Waals surface area contributed by atoms with E-state index < -0.39 is 11.8 Å². The number of benzene rings is 4. The second-order valence-corrected chi connectivity index (χ2v) is 10.3. The molecule has 2 N–H and O–H groups in total. The van der Waals surface area contributed by atoms with Crippen molar-refractivity contribution < 1.29 is 19.0 Å². The fourth-order valence-electron chi connectivity index (χ4n) is 5.23. The van der Waals surface area contributed by atoms with E-state index in [1.54, 1.807) is 36.5 Å². The number of rotatable bonds is 7. The van der Waals surface area contributed by atoms with Gasteiger partial charge in [-0.05, 0) is 53.1 Å². The first-order valence-electron chi connectivity index (χ1n) is 13.1. The van der Waals surface area contributed by atoms with E-state index in [0.29, 0.717) is 10.9 Å². The lowest BCUT2D eigenvalue weighted by Gasteiger charge is -2.36. The summed E-state index contributed by atoms with van der Waals surface area (Å²) in [5, 5.41) is 11.1. The predicted molar refractivity (Wildman–Crippen MR) is 156 cm³/mol. The van der Waals surface area contributed by atoms with Gasteiger partial charge in [0.05, 0.1) is 5.52 Å². The van der Waals surface area contributed by atoms with Crippen LogP contribution in [0, 0.1) is 5.82 Å². The number of nitrogens with zero attached hydrogens (tertiary/aromatic N) is 2. The maximum absolute atomic E-state index is 14.5. The third-order valence-electron chi connectivity index (χ3n) is 7.31. The summed E-state index contributed by atoms with van der Waals surface area (Å²) in [5.74, 6) is -1.14. The molecule has 0 bridgehead atoms. The van der Waals surface area contributed by atoms with Crippen molar-refractivity contribution in [2.45, 2.75) is 6.54 Å². The van der Waals surface area contributed by atoms with Crippen molar-refractivity contribution in [1.82, 2.24) is 9.88 Å². The zero-order valence-electron chi connectivity index (χ0n) is 21.6. The van der Waals surface area contributed by atoms with Gasteiger partial charge in [0.2, 0.25) is 0 Å². The molecule has 1 aliphatic rings. The highest BCUT2D eigenvalue weighted by molar-refractivity contribution is 6.30. The molecule has 4 aromatic carbocycles. The molecule has 0 atom stereocenters. The number of carboxylic acids is 1. The highest BCUT2D eigenvalue weighted by atomic mass is 35.5. The second-order valence-electron chi connectivity index (χ2n) is 9.86. The number of piperazine rings is 1.